The number of benzene rings is 1. The summed E-state index contributed by atoms with van der Waals surface area (Å²) < 4.78 is 10.4. The molecule has 1 fully saturated rings. The number of rotatable bonds is 4. The Hall–Kier alpha value is -1.91. The van der Waals surface area contributed by atoms with Crippen molar-refractivity contribution in [3.63, 3.8) is 0 Å². The van der Waals surface area contributed by atoms with Gasteiger partial charge in [0.15, 0.2) is 11.5 Å². The Labute approximate surface area is 113 Å². The molecule has 1 aliphatic rings. The standard InChI is InChI=1S/C14H20N2O3/c1-18-12-6-5-11(9-13(12)19-2)10-15-14(17)16-7-3-4-8-16/h5-6,9H,3-4,7-8,10H2,1-2H3,(H,15,17). The second kappa shape index (κ2) is 6.31. The second-order valence-corrected chi connectivity index (χ2v) is 4.54. The molecule has 0 spiro atoms. The molecule has 1 saturated heterocycles. The van der Waals surface area contributed by atoms with Crippen LogP contribution in [0.5, 0.6) is 11.5 Å². The topological polar surface area (TPSA) is 50.8 Å². The maximum Gasteiger partial charge on any atom is 0.317 e. The Morgan fingerprint density at radius 2 is 1.89 bits per heavy atom. The monoisotopic (exact) mass is 264 g/mol. The van der Waals surface area contributed by atoms with Gasteiger partial charge in [0.05, 0.1) is 14.2 Å². The van der Waals surface area contributed by atoms with Gasteiger partial charge in [0, 0.05) is 19.6 Å². The van der Waals surface area contributed by atoms with E-state index >= 15 is 0 Å². The molecule has 1 aromatic rings. The third-order valence-corrected chi connectivity index (χ3v) is 3.28. The first-order chi connectivity index (χ1) is 9.24. The van der Waals surface area contributed by atoms with E-state index in [-0.39, 0.29) is 6.03 Å². The summed E-state index contributed by atoms with van der Waals surface area (Å²) in [6.45, 7) is 2.21. The Morgan fingerprint density at radius 1 is 1.21 bits per heavy atom. The van der Waals surface area contributed by atoms with Crippen molar-refractivity contribution in [1.29, 1.82) is 0 Å². The summed E-state index contributed by atoms with van der Waals surface area (Å²) >= 11 is 0. The van der Waals surface area contributed by atoms with E-state index in [1.165, 1.54) is 0 Å². The molecule has 0 radical (unpaired) electrons. The number of amides is 2. The lowest BCUT2D eigenvalue weighted by Crippen LogP contribution is -2.37. The fraction of sp³-hybridized carbons (Fsp3) is 0.500. The Balaban J connectivity index is 1.93. The summed E-state index contributed by atoms with van der Waals surface area (Å²) in [5.74, 6) is 1.37. The van der Waals surface area contributed by atoms with Gasteiger partial charge in [0.1, 0.15) is 0 Å². The quantitative estimate of drug-likeness (QED) is 0.905. The average Bonchev–Trinajstić information content (AvgIpc) is 2.98. The van der Waals surface area contributed by atoms with Gasteiger partial charge in [-0.3, -0.25) is 0 Å². The molecule has 0 atom stereocenters. The molecule has 1 aromatic carbocycles. The summed E-state index contributed by atoms with van der Waals surface area (Å²) in [5.41, 5.74) is 0.991. The summed E-state index contributed by atoms with van der Waals surface area (Å²) in [6, 6.07) is 5.65. The van der Waals surface area contributed by atoms with E-state index in [9.17, 15) is 4.79 Å². The number of nitrogens with one attached hydrogen (secondary N) is 1. The number of nitrogens with zero attached hydrogens (tertiary/aromatic N) is 1. The molecule has 19 heavy (non-hydrogen) atoms. The number of carbonyl (C=O) groups excluding carboxylic acids is 1. The third kappa shape index (κ3) is 3.30. The lowest BCUT2D eigenvalue weighted by Gasteiger charge is -2.16. The van der Waals surface area contributed by atoms with Gasteiger partial charge in [0.25, 0.3) is 0 Å². The summed E-state index contributed by atoms with van der Waals surface area (Å²) in [4.78, 5) is 13.7. The van der Waals surface area contributed by atoms with E-state index in [2.05, 4.69) is 5.32 Å². The average molecular weight is 264 g/mol. The Bertz CT molecular complexity index is 442. The van der Waals surface area contributed by atoms with Gasteiger partial charge in [-0.25, -0.2) is 4.79 Å². The van der Waals surface area contributed by atoms with E-state index < -0.39 is 0 Å². The van der Waals surface area contributed by atoms with Crippen molar-refractivity contribution < 1.29 is 14.3 Å². The number of urea groups is 1. The molecule has 0 aromatic heterocycles. The van der Waals surface area contributed by atoms with Gasteiger partial charge in [-0.2, -0.15) is 0 Å². The lowest BCUT2D eigenvalue weighted by atomic mass is 10.2. The van der Waals surface area contributed by atoms with Crippen LogP contribution >= 0.6 is 0 Å². The van der Waals surface area contributed by atoms with E-state index in [1.54, 1.807) is 14.2 Å². The first-order valence-electron chi connectivity index (χ1n) is 6.48. The predicted octanol–water partition coefficient (Wildman–Crippen LogP) is 2.01. The molecule has 104 valence electrons. The minimum atomic E-state index is 0.00675. The minimum Gasteiger partial charge on any atom is -0.493 e. The zero-order valence-electron chi connectivity index (χ0n) is 11.4. The molecule has 5 nitrogen and oxygen atoms in total. The molecule has 1 heterocycles. The van der Waals surface area contributed by atoms with Crippen LogP contribution < -0.4 is 14.8 Å². The highest BCUT2D eigenvalue weighted by atomic mass is 16.5. The van der Waals surface area contributed by atoms with Crippen molar-refractivity contribution in [3.8, 4) is 11.5 Å². The van der Waals surface area contributed by atoms with Gasteiger partial charge < -0.3 is 19.7 Å². The zero-order chi connectivity index (χ0) is 13.7. The van der Waals surface area contributed by atoms with Crippen LogP contribution in [0.2, 0.25) is 0 Å². The van der Waals surface area contributed by atoms with Crippen molar-refractivity contribution in [2.45, 2.75) is 19.4 Å². The Morgan fingerprint density at radius 3 is 2.53 bits per heavy atom. The maximum atomic E-state index is 11.9. The molecule has 0 aliphatic carbocycles. The number of ether oxygens (including phenoxy) is 2. The molecule has 2 rings (SSSR count). The molecule has 0 saturated carbocycles. The number of carbonyl (C=O) groups is 1. The molecular formula is C14H20N2O3. The lowest BCUT2D eigenvalue weighted by molar-refractivity contribution is 0.208. The van der Waals surface area contributed by atoms with E-state index in [0.29, 0.717) is 18.0 Å². The van der Waals surface area contributed by atoms with E-state index in [0.717, 1.165) is 31.5 Å². The van der Waals surface area contributed by atoms with Crippen molar-refractivity contribution in [1.82, 2.24) is 10.2 Å². The summed E-state index contributed by atoms with van der Waals surface area (Å²) in [7, 11) is 3.21. The smallest absolute Gasteiger partial charge is 0.317 e. The van der Waals surface area contributed by atoms with Gasteiger partial charge >= 0.3 is 6.03 Å². The van der Waals surface area contributed by atoms with Crippen molar-refractivity contribution in [2.24, 2.45) is 0 Å². The van der Waals surface area contributed by atoms with Crippen LogP contribution in [0.25, 0.3) is 0 Å². The molecule has 1 N–H and O–H groups in total. The van der Waals surface area contributed by atoms with Gasteiger partial charge in [-0.05, 0) is 30.5 Å². The second-order valence-electron chi connectivity index (χ2n) is 4.54. The van der Waals surface area contributed by atoms with Crippen LogP contribution in [0, 0.1) is 0 Å². The van der Waals surface area contributed by atoms with Gasteiger partial charge in [-0.1, -0.05) is 6.07 Å². The fourth-order valence-corrected chi connectivity index (χ4v) is 2.20. The largest absolute Gasteiger partial charge is 0.493 e. The fourth-order valence-electron chi connectivity index (χ4n) is 2.20. The van der Waals surface area contributed by atoms with Crippen molar-refractivity contribution in [2.75, 3.05) is 27.3 Å². The zero-order valence-corrected chi connectivity index (χ0v) is 11.4. The first-order valence-corrected chi connectivity index (χ1v) is 6.48. The number of likely N-dealkylation sites (tertiary alicyclic amines) is 1. The van der Waals surface area contributed by atoms with Gasteiger partial charge in [0.2, 0.25) is 0 Å². The highest BCUT2D eigenvalue weighted by Gasteiger charge is 2.17. The SMILES string of the molecule is COc1ccc(CNC(=O)N2CCCC2)cc1OC. The maximum absolute atomic E-state index is 11.9. The highest BCUT2D eigenvalue weighted by molar-refractivity contribution is 5.74. The van der Waals surface area contributed by atoms with Gasteiger partial charge in [-0.15, -0.1) is 0 Å². The van der Waals surface area contributed by atoms with Crippen LogP contribution in [0.3, 0.4) is 0 Å². The number of hydrogen-bond acceptors (Lipinski definition) is 3. The molecule has 0 bridgehead atoms. The van der Waals surface area contributed by atoms with E-state index in [1.807, 2.05) is 23.1 Å². The molecule has 2 amide bonds. The minimum absolute atomic E-state index is 0.00675. The van der Waals surface area contributed by atoms with Crippen LogP contribution in [0.1, 0.15) is 18.4 Å². The third-order valence-electron chi connectivity index (χ3n) is 3.28. The predicted molar refractivity (Wildman–Crippen MR) is 72.6 cm³/mol. The normalized spacial score (nSPS) is 14.3. The Kier molecular flexibility index (Phi) is 4.49. The molecule has 5 heteroatoms. The van der Waals surface area contributed by atoms with Crippen LogP contribution in [0.4, 0.5) is 4.79 Å². The van der Waals surface area contributed by atoms with Crippen molar-refractivity contribution >= 4 is 6.03 Å². The van der Waals surface area contributed by atoms with E-state index in [4.69, 9.17) is 9.47 Å². The number of methoxy groups -OCH3 is 2. The number of hydrogen-bond donors (Lipinski definition) is 1. The first kappa shape index (κ1) is 13.5. The highest BCUT2D eigenvalue weighted by Crippen LogP contribution is 2.27. The molecule has 0 unspecified atom stereocenters. The molecule has 1 aliphatic heterocycles. The van der Waals surface area contributed by atoms with Crippen LogP contribution in [-0.4, -0.2) is 38.2 Å². The molecular weight excluding hydrogens is 244 g/mol. The van der Waals surface area contributed by atoms with Crippen molar-refractivity contribution in [3.05, 3.63) is 23.8 Å². The summed E-state index contributed by atoms with van der Waals surface area (Å²) in [6.07, 6.45) is 2.20. The van der Waals surface area contributed by atoms with Crippen LogP contribution in [-0.2, 0) is 6.54 Å². The van der Waals surface area contributed by atoms with Crippen LogP contribution in [0.15, 0.2) is 18.2 Å². The summed E-state index contributed by atoms with van der Waals surface area (Å²) in [5, 5.41) is 2.92.